The molecule has 0 aromatic rings. The Morgan fingerprint density at radius 1 is 0.355 bits per heavy atom. The summed E-state index contributed by atoms with van der Waals surface area (Å²) in [5.74, 6) is -0.0406. The molecular formula is C70H135NO5. The van der Waals surface area contributed by atoms with Crippen molar-refractivity contribution in [1.82, 2.24) is 5.32 Å². The quantitative estimate of drug-likeness (QED) is 0.0320. The van der Waals surface area contributed by atoms with Crippen molar-refractivity contribution in [2.75, 3.05) is 13.2 Å². The summed E-state index contributed by atoms with van der Waals surface area (Å²) in [5, 5.41) is 23.4. The molecule has 0 saturated carbocycles. The van der Waals surface area contributed by atoms with Gasteiger partial charge in [0.15, 0.2) is 0 Å². The smallest absolute Gasteiger partial charge is 0.305 e. The Morgan fingerprint density at radius 2 is 0.618 bits per heavy atom. The third-order valence-corrected chi connectivity index (χ3v) is 16.2. The van der Waals surface area contributed by atoms with Crippen LogP contribution in [0.1, 0.15) is 386 Å². The minimum Gasteiger partial charge on any atom is -0.466 e. The fourth-order valence-electron chi connectivity index (χ4n) is 10.9. The van der Waals surface area contributed by atoms with Gasteiger partial charge in [-0.05, 0) is 77.0 Å². The van der Waals surface area contributed by atoms with Crippen molar-refractivity contribution in [2.24, 2.45) is 0 Å². The molecule has 3 N–H and O–H groups in total. The van der Waals surface area contributed by atoms with Crippen LogP contribution in [0.15, 0.2) is 24.3 Å². The van der Waals surface area contributed by atoms with Gasteiger partial charge in [-0.15, -0.1) is 0 Å². The maximum absolute atomic E-state index is 12.5. The number of hydrogen-bond donors (Lipinski definition) is 3. The summed E-state index contributed by atoms with van der Waals surface area (Å²) >= 11 is 0. The van der Waals surface area contributed by atoms with Crippen molar-refractivity contribution >= 4 is 11.9 Å². The Labute approximate surface area is 475 Å². The highest BCUT2D eigenvalue weighted by atomic mass is 16.5. The minimum absolute atomic E-state index is 0.00134. The monoisotopic (exact) mass is 1070 g/mol. The average Bonchev–Trinajstić information content (AvgIpc) is 3.42. The number of aliphatic hydroxyl groups excluding tert-OH is 2. The van der Waals surface area contributed by atoms with Gasteiger partial charge in [0.25, 0.3) is 0 Å². The molecule has 0 fully saturated rings. The summed E-state index contributed by atoms with van der Waals surface area (Å²) < 4.78 is 5.48. The van der Waals surface area contributed by atoms with Crippen LogP contribution in [0.2, 0.25) is 0 Å². The summed E-state index contributed by atoms with van der Waals surface area (Å²) in [7, 11) is 0. The maximum atomic E-state index is 12.5. The van der Waals surface area contributed by atoms with Gasteiger partial charge in [-0.1, -0.05) is 321 Å². The molecule has 0 spiro atoms. The number of aliphatic hydroxyl groups is 2. The van der Waals surface area contributed by atoms with E-state index in [1.54, 1.807) is 0 Å². The van der Waals surface area contributed by atoms with Gasteiger partial charge in [-0.3, -0.25) is 9.59 Å². The Morgan fingerprint density at radius 3 is 0.934 bits per heavy atom. The van der Waals surface area contributed by atoms with Gasteiger partial charge >= 0.3 is 5.97 Å². The van der Waals surface area contributed by atoms with Crippen molar-refractivity contribution in [3.63, 3.8) is 0 Å². The van der Waals surface area contributed by atoms with Crippen molar-refractivity contribution < 1.29 is 24.5 Å². The molecule has 450 valence electrons. The SMILES string of the molecule is CCCCCCC/C=C\CCCCCCCC(=O)OCCCCCCCCCCC/C=C\CCCCCCCCCC(=O)NC(CO)C(O)CCCCCCCCCCCCCCCCCCCCCCCCCCC. The van der Waals surface area contributed by atoms with Gasteiger partial charge in [0.05, 0.1) is 25.4 Å². The number of carbonyl (C=O) groups excluding carboxylic acids is 2. The molecule has 0 saturated heterocycles. The zero-order valence-electron chi connectivity index (χ0n) is 51.5. The van der Waals surface area contributed by atoms with Crippen LogP contribution >= 0.6 is 0 Å². The zero-order valence-corrected chi connectivity index (χ0v) is 51.5. The number of allylic oxidation sites excluding steroid dienone is 4. The van der Waals surface area contributed by atoms with E-state index < -0.39 is 12.1 Å². The number of hydrogen-bond acceptors (Lipinski definition) is 5. The highest BCUT2D eigenvalue weighted by Gasteiger charge is 2.20. The Bertz CT molecular complexity index is 1190. The summed E-state index contributed by atoms with van der Waals surface area (Å²) in [6.45, 7) is 4.96. The number of unbranched alkanes of at least 4 members (excludes halogenated alkanes) is 50. The predicted octanol–water partition coefficient (Wildman–Crippen LogP) is 22.1. The first-order valence-electron chi connectivity index (χ1n) is 34.6. The minimum atomic E-state index is -0.672. The second-order valence-corrected chi connectivity index (χ2v) is 23.9. The van der Waals surface area contributed by atoms with Crippen molar-refractivity contribution in [1.29, 1.82) is 0 Å². The fourth-order valence-corrected chi connectivity index (χ4v) is 10.9. The van der Waals surface area contributed by atoms with Gasteiger partial charge < -0.3 is 20.3 Å². The van der Waals surface area contributed by atoms with Gasteiger partial charge in [-0.2, -0.15) is 0 Å². The molecule has 0 bridgehead atoms. The Balaban J connectivity index is 3.43. The second-order valence-electron chi connectivity index (χ2n) is 23.9. The lowest BCUT2D eigenvalue weighted by Gasteiger charge is -2.22. The molecule has 0 rings (SSSR count). The van der Waals surface area contributed by atoms with E-state index in [1.807, 2.05) is 0 Å². The summed E-state index contributed by atoms with van der Waals surface area (Å²) in [5.41, 5.74) is 0. The normalized spacial score (nSPS) is 12.6. The van der Waals surface area contributed by atoms with E-state index in [9.17, 15) is 19.8 Å². The predicted molar refractivity (Wildman–Crippen MR) is 333 cm³/mol. The molecule has 0 aromatic carbocycles. The molecule has 0 heterocycles. The highest BCUT2D eigenvalue weighted by Crippen LogP contribution is 2.19. The summed E-state index contributed by atoms with van der Waals surface area (Å²) in [4.78, 5) is 24.6. The van der Waals surface area contributed by atoms with Crippen LogP contribution in [0.25, 0.3) is 0 Å². The largest absolute Gasteiger partial charge is 0.466 e. The topological polar surface area (TPSA) is 95.9 Å². The van der Waals surface area contributed by atoms with E-state index in [4.69, 9.17) is 4.74 Å². The molecule has 6 nitrogen and oxygen atoms in total. The first kappa shape index (κ1) is 74.3. The summed E-state index contributed by atoms with van der Waals surface area (Å²) in [6.07, 6.45) is 82.1. The first-order valence-corrected chi connectivity index (χ1v) is 34.6. The average molecular weight is 1070 g/mol. The van der Waals surface area contributed by atoms with Crippen molar-refractivity contribution in [2.45, 2.75) is 398 Å². The fraction of sp³-hybridized carbons (Fsp3) is 0.914. The van der Waals surface area contributed by atoms with E-state index in [0.29, 0.717) is 25.9 Å². The van der Waals surface area contributed by atoms with E-state index in [0.717, 1.165) is 44.9 Å². The molecule has 0 aliphatic heterocycles. The number of ether oxygens (including phenoxy) is 1. The van der Waals surface area contributed by atoms with Crippen LogP contribution in [0.4, 0.5) is 0 Å². The van der Waals surface area contributed by atoms with Crippen LogP contribution in [0.3, 0.4) is 0 Å². The third-order valence-electron chi connectivity index (χ3n) is 16.2. The van der Waals surface area contributed by atoms with Crippen LogP contribution in [-0.2, 0) is 14.3 Å². The first-order chi connectivity index (χ1) is 37.5. The molecular weight excluding hydrogens is 935 g/mol. The lowest BCUT2D eigenvalue weighted by atomic mass is 10.0. The standard InChI is InChI=1S/C70H135NO5/c1-3-5-7-9-11-13-15-17-19-20-21-22-23-24-25-26-29-32-35-38-42-46-50-54-58-62-68(73)67(66-72)71-69(74)63-59-55-51-47-43-39-36-33-30-27-28-31-34-37-41-45-49-53-57-61-65-76-70(75)64-60-56-52-48-44-40-18-16-14-12-10-8-6-4-2/h16,18,27,30,67-68,72-73H,3-15,17,19-26,28-29,31-66H2,1-2H3,(H,71,74)/b18-16-,30-27-. The number of rotatable bonds is 65. The van der Waals surface area contributed by atoms with Crippen LogP contribution in [0, 0.1) is 0 Å². The lowest BCUT2D eigenvalue weighted by molar-refractivity contribution is -0.143. The Hall–Kier alpha value is -1.66. The molecule has 0 aromatic heterocycles. The van der Waals surface area contributed by atoms with Crippen LogP contribution < -0.4 is 5.32 Å². The number of carbonyl (C=O) groups is 2. The highest BCUT2D eigenvalue weighted by molar-refractivity contribution is 5.76. The van der Waals surface area contributed by atoms with Gasteiger partial charge in [-0.25, -0.2) is 0 Å². The third kappa shape index (κ3) is 61.6. The van der Waals surface area contributed by atoms with E-state index in [2.05, 4.69) is 43.5 Å². The van der Waals surface area contributed by atoms with E-state index >= 15 is 0 Å². The molecule has 76 heavy (non-hydrogen) atoms. The second kappa shape index (κ2) is 65.9. The molecule has 0 aliphatic carbocycles. The van der Waals surface area contributed by atoms with E-state index in [1.165, 1.54) is 308 Å². The van der Waals surface area contributed by atoms with Crippen molar-refractivity contribution in [3.05, 3.63) is 24.3 Å². The molecule has 6 heteroatoms. The summed E-state index contributed by atoms with van der Waals surface area (Å²) in [6, 6.07) is -0.549. The number of amides is 1. The molecule has 0 radical (unpaired) electrons. The zero-order chi connectivity index (χ0) is 55.0. The van der Waals surface area contributed by atoms with Gasteiger partial charge in [0.1, 0.15) is 0 Å². The van der Waals surface area contributed by atoms with Gasteiger partial charge in [0, 0.05) is 12.8 Å². The molecule has 2 atom stereocenters. The maximum Gasteiger partial charge on any atom is 0.305 e. The number of nitrogens with one attached hydrogen (secondary N) is 1. The molecule has 2 unspecified atom stereocenters. The van der Waals surface area contributed by atoms with Crippen LogP contribution in [0.5, 0.6) is 0 Å². The van der Waals surface area contributed by atoms with Crippen LogP contribution in [-0.4, -0.2) is 47.4 Å². The number of esters is 1. The lowest BCUT2D eigenvalue weighted by Crippen LogP contribution is -2.45. The van der Waals surface area contributed by atoms with Crippen molar-refractivity contribution in [3.8, 4) is 0 Å². The molecule has 0 aliphatic rings. The van der Waals surface area contributed by atoms with Gasteiger partial charge in [0.2, 0.25) is 5.91 Å². The van der Waals surface area contributed by atoms with E-state index in [-0.39, 0.29) is 18.5 Å². The Kier molecular flexibility index (Phi) is 64.4. The molecule has 1 amide bonds.